The standard InChI is InChI=1S/C22H22F5N5O4/c1-34-7-5-32-17-3-2-13(36-22(25,26)27)8-14(17)30-20(32)18(12-4-6-35-11-12)31-21(33)16-10-28-15(9-29-16)19(23)24/h2-3,8-10,12,18-19H,4-7,11H2,1H3,(H,31,33). The van der Waals surface area contributed by atoms with Gasteiger partial charge in [0.25, 0.3) is 12.3 Å². The molecule has 1 aromatic carbocycles. The van der Waals surface area contributed by atoms with Crippen molar-refractivity contribution in [3.05, 3.63) is 47.8 Å². The van der Waals surface area contributed by atoms with Crippen molar-refractivity contribution < 1.29 is 41.0 Å². The third-order valence-corrected chi connectivity index (χ3v) is 5.63. The van der Waals surface area contributed by atoms with E-state index < -0.39 is 36.2 Å². The van der Waals surface area contributed by atoms with E-state index in [1.54, 1.807) is 4.57 Å². The molecule has 3 aromatic rings. The molecule has 0 radical (unpaired) electrons. The van der Waals surface area contributed by atoms with E-state index in [1.165, 1.54) is 19.2 Å². The lowest BCUT2D eigenvalue weighted by Gasteiger charge is -2.24. The van der Waals surface area contributed by atoms with Crippen LogP contribution in [0.5, 0.6) is 5.75 Å². The van der Waals surface area contributed by atoms with E-state index >= 15 is 0 Å². The van der Waals surface area contributed by atoms with Gasteiger partial charge in [-0.2, -0.15) is 0 Å². The number of hydrogen-bond acceptors (Lipinski definition) is 7. The highest BCUT2D eigenvalue weighted by atomic mass is 19.4. The monoisotopic (exact) mass is 515 g/mol. The Balaban J connectivity index is 1.71. The number of rotatable bonds is 9. The highest BCUT2D eigenvalue weighted by molar-refractivity contribution is 5.92. The molecule has 1 amide bonds. The minimum atomic E-state index is -4.87. The molecule has 1 saturated heterocycles. The molecule has 1 aliphatic rings. The summed E-state index contributed by atoms with van der Waals surface area (Å²) in [5.74, 6) is -0.956. The van der Waals surface area contributed by atoms with Gasteiger partial charge in [0, 0.05) is 32.2 Å². The maximum atomic E-state index is 13.0. The second-order valence-electron chi connectivity index (χ2n) is 8.01. The Kier molecular flexibility index (Phi) is 7.64. The normalized spacial score (nSPS) is 17.0. The maximum absolute atomic E-state index is 13.0. The molecule has 2 unspecified atom stereocenters. The molecule has 0 aliphatic carbocycles. The van der Waals surface area contributed by atoms with E-state index in [1.807, 2.05) is 0 Å². The Bertz CT molecular complexity index is 1200. The summed E-state index contributed by atoms with van der Waals surface area (Å²) in [5.41, 5.74) is -0.00725. The predicted octanol–water partition coefficient (Wildman–Crippen LogP) is 3.82. The highest BCUT2D eigenvalue weighted by Gasteiger charge is 2.34. The van der Waals surface area contributed by atoms with Crippen LogP contribution in [0.4, 0.5) is 22.0 Å². The van der Waals surface area contributed by atoms with Crippen LogP contribution < -0.4 is 10.1 Å². The lowest BCUT2D eigenvalue weighted by Crippen LogP contribution is -2.36. The largest absolute Gasteiger partial charge is 0.573 e. The van der Waals surface area contributed by atoms with Gasteiger partial charge in [-0.3, -0.25) is 9.78 Å². The van der Waals surface area contributed by atoms with Gasteiger partial charge in [-0.05, 0) is 18.6 Å². The van der Waals surface area contributed by atoms with Gasteiger partial charge < -0.3 is 24.1 Å². The van der Waals surface area contributed by atoms with Crippen molar-refractivity contribution in [1.29, 1.82) is 0 Å². The first kappa shape index (κ1) is 25.7. The van der Waals surface area contributed by atoms with Crippen LogP contribution in [-0.4, -0.2) is 58.7 Å². The zero-order valence-corrected chi connectivity index (χ0v) is 19.0. The highest BCUT2D eigenvalue weighted by Crippen LogP contribution is 2.33. The number of nitrogens with one attached hydrogen (secondary N) is 1. The van der Waals surface area contributed by atoms with Gasteiger partial charge in [0.15, 0.2) is 0 Å². The zero-order chi connectivity index (χ0) is 25.9. The number of carbonyl (C=O) groups is 1. The number of benzene rings is 1. The summed E-state index contributed by atoms with van der Waals surface area (Å²) in [6, 6.07) is 3.06. The number of amides is 1. The molecular formula is C22H22F5N5O4. The Morgan fingerprint density at radius 3 is 2.69 bits per heavy atom. The molecule has 3 heterocycles. The van der Waals surface area contributed by atoms with Crippen LogP contribution in [-0.2, 0) is 16.0 Å². The van der Waals surface area contributed by atoms with Gasteiger partial charge >= 0.3 is 6.36 Å². The molecule has 36 heavy (non-hydrogen) atoms. The summed E-state index contributed by atoms with van der Waals surface area (Å²) >= 11 is 0. The van der Waals surface area contributed by atoms with Crippen LogP contribution in [0, 0.1) is 5.92 Å². The second-order valence-corrected chi connectivity index (χ2v) is 8.01. The van der Waals surface area contributed by atoms with Gasteiger partial charge in [0.05, 0.1) is 42.7 Å². The molecule has 0 spiro atoms. The fourth-order valence-corrected chi connectivity index (χ4v) is 3.97. The van der Waals surface area contributed by atoms with Crippen molar-refractivity contribution in [2.24, 2.45) is 5.92 Å². The predicted molar refractivity (Wildman–Crippen MR) is 114 cm³/mol. The number of alkyl halides is 5. The molecule has 194 valence electrons. The molecule has 0 saturated carbocycles. The van der Waals surface area contributed by atoms with Crippen molar-refractivity contribution in [2.45, 2.75) is 31.8 Å². The van der Waals surface area contributed by atoms with Gasteiger partial charge in [-0.25, -0.2) is 18.7 Å². The maximum Gasteiger partial charge on any atom is 0.573 e. The number of nitrogens with zero attached hydrogens (tertiary/aromatic N) is 4. The van der Waals surface area contributed by atoms with Gasteiger partial charge in [-0.15, -0.1) is 13.2 Å². The quantitative estimate of drug-likeness (QED) is 0.433. The lowest BCUT2D eigenvalue weighted by molar-refractivity contribution is -0.274. The topological polar surface area (TPSA) is 100 Å². The van der Waals surface area contributed by atoms with Crippen molar-refractivity contribution in [1.82, 2.24) is 24.8 Å². The lowest BCUT2D eigenvalue weighted by atomic mass is 9.98. The molecule has 1 N–H and O–H groups in total. The number of fused-ring (bicyclic) bond motifs is 1. The van der Waals surface area contributed by atoms with E-state index in [2.05, 4.69) is 25.0 Å². The van der Waals surface area contributed by atoms with E-state index in [9.17, 15) is 26.7 Å². The van der Waals surface area contributed by atoms with E-state index in [0.717, 1.165) is 18.5 Å². The van der Waals surface area contributed by atoms with Crippen molar-refractivity contribution in [3.63, 3.8) is 0 Å². The third-order valence-electron chi connectivity index (χ3n) is 5.63. The first-order valence-corrected chi connectivity index (χ1v) is 10.9. The summed E-state index contributed by atoms with van der Waals surface area (Å²) in [7, 11) is 1.50. The van der Waals surface area contributed by atoms with Crippen LogP contribution in [0.2, 0.25) is 0 Å². The summed E-state index contributed by atoms with van der Waals surface area (Å²) in [4.78, 5) is 24.9. The number of halogens is 5. The molecule has 4 rings (SSSR count). The molecule has 9 nitrogen and oxygen atoms in total. The molecule has 1 aliphatic heterocycles. The van der Waals surface area contributed by atoms with Crippen LogP contribution in [0.25, 0.3) is 11.0 Å². The van der Waals surface area contributed by atoms with E-state index in [0.29, 0.717) is 37.5 Å². The third kappa shape index (κ3) is 5.87. The van der Waals surface area contributed by atoms with Gasteiger partial charge in [0.2, 0.25) is 0 Å². The Hall–Kier alpha value is -3.39. The van der Waals surface area contributed by atoms with Crippen molar-refractivity contribution in [3.8, 4) is 5.75 Å². The number of aromatic nitrogens is 4. The Morgan fingerprint density at radius 2 is 2.08 bits per heavy atom. The minimum Gasteiger partial charge on any atom is -0.406 e. The SMILES string of the molecule is COCCn1c(C(NC(=O)c2cnc(C(F)F)cn2)C2CCOC2)nc2cc(OC(F)(F)F)ccc21. The number of ether oxygens (including phenoxy) is 3. The zero-order valence-electron chi connectivity index (χ0n) is 19.0. The molecule has 0 bridgehead atoms. The smallest absolute Gasteiger partial charge is 0.406 e. The van der Waals surface area contributed by atoms with Crippen LogP contribution in [0.3, 0.4) is 0 Å². The molecular weight excluding hydrogens is 493 g/mol. The van der Waals surface area contributed by atoms with Crippen LogP contribution in [0.1, 0.15) is 40.9 Å². The van der Waals surface area contributed by atoms with Crippen LogP contribution >= 0.6 is 0 Å². The Morgan fingerprint density at radius 1 is 1.28 bits per heavy atom. The van der Waals surface area contributed by atoms with E-state index in [4.69, 9.17) is 9.47 Å². The summed E-state index contributed by atoms with van der Waals surface area (Å²) in [6.45, 7) is 1.31. The van der Waals surface area contributed by atoms with Crippen molar-refractivity contribution in [2.75, 3.05) is 26.9 Å². The summed E-state index contributed by atoms with van der Waals surface area (Å²) in [5, 5.41) is 2.83. The summed E-state index contributed by atoms with van der Waals surface area (Å²) < 4.78 is 80.2. The number of methoxy groups -OCH3 is 1. The number of imidazole rings is 1. The molecule has 1 fully saturated rings. The average Bonchev–Trinajstić information content (AvgIpc) is 3.48. The first-order valence-electron chi connectivity index (χ1n) is 10.9. The molecule has 14 heteroatoms. The summed E-state index contributed by atoms with van der Waals surface area (Å²) in [6.07, 6.45) is -5.34. The van der Waals surface area contributed by atoms with Gasteiger partial charge in [0.1, 0.15) is 23.0 Å². The fraction of sp³-hybridized carbons (Fsp3) is 0.455. The average molecular weight is 515 g/mol. The second kappa shape index (κ2) is 10.7. The number of hydrogen-bond donors (Lipinski definition) is 1. The number of carbonyl (C=O) groups excluding carboxylic acids is 1. The molecule has 2 aromatic heterocycles. The first-order chi connectivity index (χ1) is 17.2. The molecule has 2 atom stereocenters. The van der Waals surface area contributed by atoms with Crippen molar-refractivity contribution >= 4 is 16.9 Å². The Labute approximate surface area is 201 Å². The van der Waals surface area contributed by atoms with E-state index in [-0.39, 0.29) is 23.7 Å². The minimum absolute atomic E-state index is 0.177. The van der Waals surface area contributed by atoms with Gasteiger partial charge in [-0.1, -0.05) is 0 Å². The van der Waals surface area contributed by atoms with Crippen LogP contribution in [0.15, 0.2) is 30.6 Å². The fourth-order valence-electron chi connectivity index (χ4n) is 3.97.